The molecule has 112 valence electrons. The molecule has 0 aromatic heterocycles. The number of hydrogen-bond donors (Lipinski definition) is 1. The van der Waals surface area contributed by atoms with Crippen molar-refractivity contribution in [2.24, 2.45) is 0 Å². The number of rotatable bonds is 4. The first-order valence-electron chi connectivity index (χ1n) is 6.02. The second kappa shape index (κ2) is 6.55. The first kappa shape index (κ1) is 16.6. The fraction of sp³-hybridized carbons (Fsp3) is 0.143. The van der Waals surface area contributed by atoms with Crippen molar-refractivity contribution in [1.29, 1.82) is 0 Å². The minimum absolute atomic E-state index is 0.0673. The smallest absolute Gasteiger partial charge is 0.207 e. The number of nitrogens with one attached hydrogen (secondary N) is 1. The lowest BCUT2D eigenvalue weighted by Crippen LogP contribution is -2.26. The molecule has 0 saturated carbocycles. The van der Waals surface area contributed by atoms with E-state index in [1.165, 1.54) is 18.2 Å². The van der Waals surface area contributed by atoms with Crippen LogP contribution >= 0.6 is 34.8 Å². The monoisotopic (exact) mass is 363 g/mol. The molecular formula is C14H12Cl3NO2S. The van der Waals surface area contributed by atoms with Gasteiger partial charge >= 0.3 is 0 Å². The number of benzene rings is 2. The summed E-state index contributed by atoms with van der Waals surface area (Å²) < 4.78 is 27.2. The van der Waals surface area contributed by atoms with Crippen LogP contribution in [0.15, 0.2) is 47.4 Å². The zero-order valence-corrected chi connectivity index (χ0v) is 14.1. The Morgan fingerprint density at radius 3 is 2.14 bits per heavy atom. The van der Waals surface area contributed by atoms with Crippen molar-refractivity contribution in [3.05, 3.63) is 63.1 Å². The maximum absolute atomic E-state index is 12.3. The Bertz CT molecular complexity index is 745. The molecule has 0 heterocycles. The largest absolute Gasteiger partial charge is 0.241 e. The number of hydrogen-bond acceptors (Lipinski definition) is 2. The normalized spacial score (nSPS) is 13.1. The zero-order chi connectivity index (χ0) is 15.6. The molecule has 21 heavy (non-hydrogen) atoms. The van der Waals surface area contributed by atoms with Crippen LogP contribution in [0.4, 0.5) is 0 Å². The molecule has 0 spiro atoms. The van der Waals surface area contributed by atoms with E-state index in [0.717, 1.165) is 5.56 Å². The van der Waals surface area contributed by atoms with Crippen molar-refractivity contribution in [2.75, 3.05) is 0 Å². The van der Waals surface area contributed by atoms with Gasteiger partial charge in [-0.15, -0.1) is 0 Å². The molecule has 7 heteroatoms. The van der Waals surface area contributed by atoms with Gasteiger partial charge in [-0.3, -0.25) is 0 Å². The van der Waals surface area contributed by atoms with Crippen LogP contribution in [-0.2, 0) is 10.0 Å². The van der Waals surface area contributed by atoms with E-state index in [9.17, 15) is 8.42 Å². The summed E-state index contributed by atoms with van der Waals surface area (Å²) >= 11 is 17.5. The van der Waals surface area contributed by atoms with E-state index in [2.05, 4.69) is 4.72 Å². The molecule has 2 aromatic rings. The first-order valence-corrected chi connectivity index (χ1v) is 8.64. The topological polar surface area (TPSA) is 46.2 Å². The third-order valence-corrected chi connectivity index (χ3v) is 5.43. The summed E-state index contributed by atoms with van der Waals surface area (Å²) in [7, 11) is -3.68. The van der Waals surface area contributed by atoms with Crippen LogP contribution in [0, 0.1) is 0 Å². The average molecular weight is 365 g/mol. The second-order valence-corrected chi connectivity index (χ2v) is 7.44. The van der Waals surface area contributed by atoms with Crippen LogP contribution < -0.4 is 4.72 Å². The predicted molar refractivity (Wildman–Crippen MR) is 86.7 cm³/mol. The van der Waals surface area contributed by atoms with Gasteiger partial charge in [0.05, 0.1) is 14.9 Å². The van der Waals surface area contributed by atoms with Crippen molar-refractivity contribution < 1.29 is 8.42 Å². The van der Waals surface area contributed by atoms with E-state index >= 15 is 0 Å². The minimum atomic E-state index is -3.68. The number of sulfonamides is 1. The highest BCUT2D eigenvalue weighted by Crippen LogP contribution is 2.26. The molecule has 3 nitrogen and oxygen atoms in total. The van der Waals surface area contributed by atoms with Crippen LogP contribution in [0.3, 0.4) is 0 Å². The van der Waals surface area contributed by atoms with Crippen LogP contribution in [0.1, 0.15) is 18.5 Å². The molecule has 0 aliphatic carbocycles. The van der Waals surface area contributed by atoms with Crippen LogP contribution in [0.2, 0.25) is 15.1 Å². The standard InChI is InChI=1S/C14H12Cl3NO2S/c1-9(10-2-4-11(15)5-3-10)18-21(19,20)12-6-7-13(16)14(17)8-12/h2-9,18H,1H3. The molecule has 0 saturated heterocycles. The Balaban J connectivity index is 2.24. The highest BCUT2D eigenvalue weighted by Gasteiger charge is 2.19. The van der Waals surface area contributed by atoms with Gasteiger partial charge in [0, 0.05) is 11.1 Å². The van der Waals surface area contributed by atoms with Crippen molar-refractivity contribution in [3.8, 4) is 0 Å². The molecule has 1 N–H and O–H groups in total. The van der Waals surface area contributed by atoms with Gasteiger partial charge in [-0.1, -0.05) is 46.9 Å². The molecule has 2 aromatic carbocycles. The molecule has 2 rings (SSSR count). The summed E-state index contributed by atoms with van der Waals surface area (Å²) in [5, 5.41) is 1.10. The number of halogens is 3. The third-order valence-electron chi connectivity index (χ3n) is 2.90. The molecule has 0 aliphatic rings. The summed E-state index contributed by atoms with van der Waals surface area (Å²) in [5.41, 5.74) is 0.808. The summed E-state index contributed by atoms with van der Waals surface area (Å²) in [6, 6.07) is 10.7. The first-order chi connectivity index (χ1) is 9.79. The van der Waals surface area contributed by atoms with Crippen LogP contribution in [0.5, 0.6) is 0 Å². The summed E-state index contributed by atoms with van der Waals surface area (Å²) in [4.78, 5) is 0.0673. The van der Waals surface area contributed by atoms with Crippen LogP contribution in [0.25, 0.3) is 0 Å². The maximum atomic E-state index is 12.3. The lowest BCUT2D eigenvalue weighted by Gasteiger charge is -2.15. The van der Waals surface area contributed by atoms with E-state index in [0.29, 0.717) is 10.0 Å². The highest BCUT2D eigenvalue weighted by molar-refractivity contribution is 7.89. The molecule has 1 atom stereocenters. The van der Waals surface area contributed by atoms with E-state index < -0.39 is 16.1 Å². The van der Waals surface area contributed by atoms with Gasteiger partial charge in [-0.05, 0) is 42.8 Å². The van der Waals surface area contributed by atoms with E-state index in [1.54, 1.807) is 31.2 Å². The molecule has 0 bridgehead atoms. The van der Waals surface area contributed by atoms with Gasteiger partial charge in [0.25, 0.3) is 0 Å². The molecule has 1 unspecified atom stereocenters. The quantitative estimate of drug-likeness (QED) is 0.855. The second-order valence-electron chi connectivity index (χ2n) is 4.47. The Hall–Kier alpha value is -0.780. The van der Waals surface area contributed by atoms with Gasteiger partial charge in [-0.2, -0.15) is 0 Å². The summed E-state index contributed by atoms with van der Waals surface area (Å²) in [5.74, 6) is 0. The van der Waals surface area contributed by atoms with Gasteiger partial charge in [0.15, 0.2) is 0 Å². The van der Waals surface area contributed by atoms with Gasteiger partial charge < -0.3 is 0 Å². The van der Waals surface area contributed by atoms with Crippen molar-refractivity contribution in [3.63, 3.8) is 0 Å². The van der Waals surface area contributed by atoms with Gasteiger partial charge in [0.2, 0.25) is 10.0 Å². The molecule has 0 aliphatic heterocycles. The van der Waals surface area contributed by atoms with Gasteiger partial charge in [-0.25, -0.2) is 13.1 Å². The third kappa shape index (κ3) is 4.11. The predicted octanol–water partition coefficient (Wildman–Crippen LogP) is 4.69. The Kier molecular flexibility index (Phi) is 5.17. The zero-order valence-electron chi connectivity index (χ0n) is 11.0. The highest BCUT2D eigenvalue weighted by atomic mass is 35.5. The van der Waals surface area contributed by atoms with E-state index in [-0.39, 0.29) is 9.92 Å². The maximum Gasteiger partial charge on any atom is 0.241 e. The van der Waals surface area contributed by atoms with Crippen molar-refractivity contribution in [2.45, 2.75) is 17.9 Å². The fourth-order valence-corrected chi connectivity index (χ4v) is 3.51. The SMILES string of the molecule is CC(NS(=O)(=O)c1ccc(Cl)c(Cl)c1)c1ccc(Cl)cc1. The molecule has 0 fully saturated rings. The summed E-state index contributed by atoms with van der Waals surface area (Å²) in [6.45, 7) is 1.75. The Morgan fingerprint density at radius 2 is 1.57 bits per heavy atom. The molecule has 0 radical (unpaired) electrons. The van der Waals surface area contributed by atoms with Gasteiger partial charge in [0.1, 0.15) is 0 Å². The summed E-state index contributed by atoms with van der Waals surface area (Å²) in [6.07, 6.45) is 0. The average Bonchev–Trinajstić information content (AvgIpc) is 2.42. The molecule has 0 amide bonds. The molecular weight excluding hydrogens is 353 g/mol. The van der Waals surface area contributed by atoms with Crippen molar-refractivity contribution in [1.82, 2.24) is 4.72 Å². The minimum Gasteiger partial charge on any atom is -0.207 e. The lowest BCUT2D eigenvalue weighted by molar-refractivity contribution is 0.567. The van der Waals surface area contributed by atoms with Crippen molar-refractivity contribution >= 4 is 44.8 Å². The van der Waals surface area contributed by atoms with E-state index in [1.807, 2.05) is 0 Å². The fourth-order valence-electron chi connectivity index (χ4n) is 1.76. The Morgan fingerprint density at radius 1 is 0.952 bits per heavy atom. The van der Waals surface area contributed by atoms with E-state index in [4.69, 9.17) is 34.8 Å². The van der Waals surface area contributed by atoms with Crippen LogP contribution in [-0.4, -0.2) is 8.42 Å². The Labute approximate surface area is 138 Å². The lowest BCUT2D eigenvalue weighted by atomic mass is 10.1.